The van der Waals surface area contributed by atoms with Crippen molar-refractivity contribution in [1.29, 1.82) is 0 Å². The summed E-state index contributed by atoms with van der Waals surface area (Å²) in [6.07, 6.45) is 2.86. The normalized spacial score (nSPS) is 14.4. The fourth-order valence-corrected chi connectivity index (χ4v) is 2.46. The number of amidine groups is 1. The molecule has 1 aromatic rings. The quantitative estimate of drug-likeness (QED) is 0.508. The lowest BCUT2D eigenvalue weighted by molar-refractivity contribution is 0.380. The Labute approximate surface area is 135 Å². The molecule has 0 amide bonds. The van der Waals surface area contributed by atoms with Crippen LogP contribution in [0.15, 0.2) is 41.5 Å². The van der Waals surface area contributed by atoms with Crippen molar-refractivity contribution in [2.75, 3.05) is 14.1 Å². The number of benzene rings is 1. The summed E-state index contributed by atoms with van der Waals surface area (Å²) in [6, 6.07) is 6.75. The molecule has 1 rings (SSSR count). The van der Waals surface area contributed by atoms with Gasteiger partial charge in [0.1, 0.15) is 5.84 Å². The van der Waals surface area contributed by atoms with Crippen LogP contribution in [-0.4, -0.2) is 30.9 Å². The fraction of sp³-hybridized carbons (Fsp3) is 0.421. The number of aliphatic imine (C=N–C) groups is 1. The molecule has 0 radical (unpaired) electrons. The van der Waals surface area contributed by atoms with Crippen LogP contribution in [-0.2, 0) is 0 Å². The Balaban J connectivity index is 3.43. The third-order valence-corrected chi connectivity index (χ3v) is 4.22. The van der Waals surface area contributed by atoms with Gasteiger partial charge < -0.3 is 10.6 Å². The molecule has 3 nitrogen and oxygen atoms in total. The van der Waals surface area contributed by atoms with E-state index in [0.29, 0.717) is 11.7 Å². The highest BCUT2D eigenvalue weighted by molar-refractivity contribution is 6.05. The highest BCUT2D eigenvalue weighted by Crippen LogP contribution is 2.24. The zero-order valence-corrected chi connectivity index (χ0v) is 14.8. The lowest BCUT2D eigenvalue weighted by atomic mass is 9.96. The first kappa shape index (κ1) is 18.0. The van der Waals surface area contributed by atoms with E-state index in [1.165, 1.54) is 11.1 Å². The Kier molecular flexibility index (Phi) is 6.41. The van der Waals surface area contributed by atoms with Gasteiger partial charge in [-0.25, -0.2) is 0 Å². The first-order valence-corrected chi connectivity index (χ1v) is 7.77. The molecule has 0 aliphatic heterocycles. The summed E-state index contributed by atoms with van der Waals surface area (Å²) in [6.45, 7) is 12.5. The molecule has 1 unspecified atom stereocenters. The number of aryl methyl sites for hydroxylation is 2. The fourth-order valence-electron chi connectivity index (χ4n) is 2.46. The zero-order chi connectivity index (χ0) is 16.9. The number of hydrogen-bond donors (Lipinski definition) is 1. The van der Waals surface area contributed by atoms with Crippen LogP contribution in [0.3, 0.4) is 0 Å². The summed E-state index contributed by atoms with van der Waals surface area (Å²) in [5.41, 5.74) is 11.6. The summed E-state index contributed by atoms with van der Waals surface area (Å²) in [7, 11) is 3.82. The Morgan fingerprint density at radius 3 is 2.55 bits per heavy atom. The van der Waals surface area contributed by atoms with Crippen LogP contribution in [0.2, 0.25) is 0 Å². The van der Waals surface area contributed by atoms with E-state index in [4.69, 9.17) is 5.73 Å². The van der Waals surface area contributed by atoms with Crippen molar-refractivity contribution >= 4 is 11.4 Å². The molecule has 3 heteroatoms. The van der Waals surface area contributed by atoms with E-state index in [9.17, 15) is 0 Å². The van der Waals surface area contributed by atoms with Gasteiger partial charge in [0, 0.05) is 25.7 Å². The maximum absolute atomic E-state index is 6.46. The predicted molar refractivity (Wildman–Crippen MR) is 98.1 cm³/mol. The Morgan fingerprint density at radius 1 is 1.41 bits per heavy atom. The topological polar surface area (TPSA) is 41.6 Å². The van der Waals surface area contributed by atoms with Crippen molar-refractivity contribution in [3.63, 3.8) is 0 Å². The first-order chi connectivity index (χ1) is 10.4. The molecule has 1 atom stereocenters. The van der Waals surface area contributed by atoms with E-state index in [1.54, 1.807) is 7.05 Å². The summed E-state index contributed by atoms with van der Waals surface area (Å²) in [4.78, 5) is 6.54. The Morgan fingerprint density at radius 2 is 2.05 bits per heavy atom. The number of nitrogens with zero attached hydrogens (tertiary/aromatic N) is 2. The second kappa shape index (κ2) is 7.83. The number of hydrogen-bond acceptors (Lipinski definition) is 2. The minimum atomic E-state index is 0.377. The monoisotopic (exact) mass is 299 g/mol. The van der Waals surface area contributed by atoms with Crippen molar-refractivity contribution < 1.29 is 0 Å². The third-order valence-electron chi connectivity index (χ3n) is 4.22. The van der Waals surface area contributed by atoms with Gasteiger partial charge in [-0.3, -0.25) is 4.99 Å². The van der Waals surface area contributed by atoms with Gasteiger partial charge in [-0.15, -0.1) is 0 Å². The molecule has 0 aliphatic carbocycles. The maximum Gasteiger partial charge on any atom is 0.147 e. The molecule has 0 aliphatic rings. The van der Waals surface area contributed by atoms with Gasteiger partial charge in [-0.2, -0.15) is 0 Å². The van der Waals surface area contributed by atoms with Crippen LogP contribution in [0.5, 0.6) is 0 Å². The molecule has 120 valence electrons. The molecule has 0 spiro atoms. The summed E-state index contributed by atoms with van der Waals surface area (Å²) >= 11 is 0. The van der Waals surface area contributed by atoms with E-state index in [-0.39, 0.29) is 0 Å². The van der Waals surface area contributed by atoms with Gasteiger partial charge in [0.05, 0.1) is 5.70 Å². The van der Waals surface area contributed by atoms with Crippen LogP contribution in [0.4, 0.5) is 0 Å². The van der Waals surface area contributed by atoms with Gasteiger partial charge in [0.15, 0.2) is 0 Å². The Hall–Kier alpha value is -2.03. The molecule has 0 saturated heterocycles. The molecular weight excluding hydrogens is 270 g/mol. The lowest BCUT2D eigenvalue weighted by Crippen LogP contribution is -2.38. The Bertz CT molecular complexity index is 597. The van der Waals surface area contributed by atoms with Crippen LogP contribution >= 0.6 is 0 Å². The summed E-state index contributed by atoms with van der Waals surface area (Å²) < 4.78 is 0. The van der Waals surface area contributed by atoms with Crippen molar-refractivity contribution in [3.8, 4) is 0 Å². The maximum atomic E-state index is 6.46. The number of rotatable bonds is 5. The molecule has 0 heterocycles. The van der Waals surface area contributed by atoms with E-state index in [1.807, 2.05) is 13.1 Å². The van der Waals surface area contributed by atoms with Crippen molar-refractivity contribution in [1.82, 2.24) is 4.90 Å². The van der Waals surface area contributed by atoms with Gasteiger partial charge in [-0.05, 0) is 38.3 Å². The SMILES string of the molecule is C=C/C(=C(/N)C(=NC)N(C)C(C)CC)c1cc(C)ccc1C. The molecule has 2 N–H and O–H groups in total. The smallest absolute Gasteiger partial charge is 0.147 e. The van der Waals surface area contributed by atoms with Crippen LogP contribution in [0, 0.1) is 13.8 Å². The largest absolute Gasteiger partial charge is 0.395 e. The van der Waals surface area contributed by atoms with Crippen molar-refractivity contribution in [3.05, 3.63) is 53.2 Å². The molecular formula is C19H29N3. The minimum Gasteiger partial charge on any atom is -0.395 e. The third kappa shape index (κ3) is 3.79. The standard InChI is InChI=1S/C19H29N3/c1-8-15(5)22(7)19(21-6)18(20)16(9-2)17-12-13(3)10-11-14(17)4/h9-12,15H,2,8,20H2,1,3-7H3/b18-16-,21-19?. The average Bonchev–Trinajstić information content (AvgIpc) is 2.51. The molecule has 0 aromatic heterocycles. The summed E-state index contributed by atoms with van der Waals surface area (Å²) in [5.74, 6) is 0.810. The molecule has 1 aromatic carbocycles. The van der Waals surface area contributed by atoms with Gasteiger partial charge in [0.25, 0.3) is 0 Å². The lowest BCUT2D eigenvalue weighted by Gasteiger charge is -2.28. The van der Waals surface area contributed by atoms with Crippen LogP contribution < -0.4 is 5.73 Å². The average molecular weight is 299 g/mol. The van der Waals surface area contributed by atoms with Gasteiger partial charge in [-0.1, -0.05) is 43.3 Å². The molecule has 0 fully saturated rings. The van der Waals surface area contributed by atoms with Crippen LogP contribution in [0.1, 0.15) is 37.0 Å². The zero-order valence-electron chi connectivity index (χ0n) is 14.8. The predicted octanol–water partition coefficient (Wildman–Crippen LogP) is 3.92. The van der Waals surface area contributed by atoms with Crippen molar-refractivity contribution in [2.45, 2.75) is 40.2 Å². The minimum absolute atomic E-state index is 0.377. The number of nitrogens with two attached hydrogens (primary N) is 1. The van der Waals surface area contributed by atoms with E-state index in [2.05, 4.69) is 62.4 Å². The van der Waals surface area contributed by atoms with Gasteiger partial charge >= 0.3 is 0 Å². The van der Waals surface area contributed by atoms with E-state index >= 15 is 0 Å². The second-order valence-electron chi connectivity index (χ2n) is 5.77. The first-order valence-electron chi connectivity index (χ1n) is 7.77. The summed E-state index contributed by atoms with van der Waals surface area (Å²) in [5, 5.41) is 0. The van der Waals surface area contributed by atoms with Crippen LogP contribution in [0.25, 0.3) is 5.57 Å². The van der Waals surface area contributed by atoms with Crippen molar-refractivity contribution in [2.24, 2.45) is 10.7 Å². The van der Waals surface area contributed by atoms with E-state index < -0.39 is 0 Å². The number of likely N-dealkylation sites (N-methyl/N-ethyl adjacent to an activating group) is 1. The van der Waals surface area contributed by atoms with Gasteiger partial charge in [0.2, 0.25) is 0 Å². The number of allylic oxidation sites excluding steroid dienone is 2. The van der Waals surface area contributed by atoms with E-state index in [0.717, 1.165) is 23.4 Å². The molecule has 22 heavy (non-hydrogen) atoms. The molecule has 0 bridgehead atoms. The highest BCUT2D eigenvalue weighted by atomic mass is 15.2. The molecule has 0 saturated carbocycles. The second-order valence-corrected chi connectivity index (χ2v) is 5.77. The highest BCUT2D eigenvalue weighted by Gasteiger charge is 2.18.